The summed E-state index contributed by atoms with van der Waals surface area (Å²) in [5.41, 5.74) is 7.50. The average Bonchev–Trinajstić information content (AvgIpc) is 2.66. The van der Waals surface area contributed by atoms with Crippen LogP contribution in [0.25, 0.3) is 0 Å². The number of hydrogen-bond donors (Lipinski definition) is 1. The number of nitrogens with two attached hydrogens (primary N) is 1. The van der Waals surface area contributed by atoms with Gasteiger partial charge in [-0.25, -0.2) is 4.57 Å². The lowest BCUT2D eigenvalue weighted by Gasteiger charge is -2.24. The van der Waals surface area contributed by atoms with Gasteiger partial charge in [-0.1, -0.05) is 48.5 Å². The number of rotatable bonds is 5. The number of fused-ring (bicyclic) bond motifs is 1. The van der Waals surface area contributed by atoms with E-state index >= 15 is 0 Å². The first-order valence-electron chi connectivity index (χ1n) is 8.24. The molecule has 0 bridgehead atoms. The standard InChI is InChI=1S/C18H20N3O5P/c1-21(11-17(22)24-12-14-7-3-2-4-8-14)18(19)20-27(23)25-13-15-9-5-6-10-16(15)26-27/h2-10H,11-13H2,1H3,(H2,19,20,23). The van der Waals surface area contributed by atoms with Crippen LogP contribution in [0.4, 0.5) is 0 Å². The second-order valence-corrected chi connectivity index (χ2v) is 7.48. The smallest absolute Gasteiger partial charge is 0.459 e. The maximum absolute atomic E-state index is 12.7. The maximum atomic E-state index is 12.7. The van der Waals surface area contributed by atoms with Gasteiger partial charge in [-0.3, -0.25) is 9.32 Å². The van der Waals surface area contributed by atoms with Crippen LogP contribution in [0.5, 0.6) is 5.75 Å². The van der Waals surface area contributed by atoms with E-state index in [0.29, 0.717) is 5.75 Å². The van der Waals surface area contributed by atoms with E-state index in [1.54, 1.807) is 18.2 Å². The van der Waals surface area contributed by atoms with Gasteiger partial charge in [0, 0.05) is 12.6 Å². The third kappa shape index (κ3) is 5.09. The Labute approximate surface area is 157 Å². The molecule has 142 valence electrons. The predicted octanol–water partition coefficient (Wildman–Crippen LogP) is 2.69. The number of guanidine groups is 1. The second-order valence-electron chi connectivity index (χ2n) is 5.90. The SMILES string of the molecule is CN(CC(=O)OCc1ccccc1)/C(N)=N/P1(=O)OCc2ccccc2O1. The molecule has 2 aromatic carbocycles. The molecule has 9 heteroatoms. The minimum Gasteiger partial charge on any atom is -0.459 e. The number of esters is 1. The summed E-state index contributed by atoms with van der Waals surface area (Å²) >= 11 is 0. The lowest BCUT2D eigenvalue weighted by molar-refractivity contribution is -0.145. The molecule has 2 N–H and O–H groups in total. The van der Waals surface area contributed by atoms with Crippen molar-refractivity contribution in [1.82, 2.24) is 4.90 Å². The van der Waals surface area contributed by atoms with E-state index in [0.717, 1.165) is 11.1 Å². The van der Waals surface area contributed by atoms with Crippen molar-refractivity contribution in [3.05, 3.63) is 65.7 Å². The first-order valence-corrected chi connectivity index (χ1v) is 9.73. The zero-order valence-corrected chi connectivity index (χ0v) is 15.7. The van der Waals surface area contributed by atoms with Gasteiger partial charge in [0.15, 0.2) is 0 Å². The third-order valence-corrected chi connectivity index (χ3v) is 5.13. The van der Waals surface area contributed by atoms with Crippen LogP contribution >= 0.6 is 7.75 Å². The van der Waals surface area contributed by atoms with E-state index in [2.05, 4.69) is 4.76 Å². The van der Waals surface area contributed by atoms with Crippen LogP contribution in [0.15, 0.2) is 59.4 Å². The van der Waals surface area contributed by atoms with Crippen molar-refractivity contribution >= 4 is 19.7 Å². The van der Waals surface area contributed by atoms with Gasteiger partial charge in [0.2, 0.25) is 5.96 Å². The Hall–Kier alpha value is -2.83. The molecule has 0 fully saturated rings. The van der Waals surface area contributed by atoms with Crippen molar-refractivity contribution in [3.63, 3.8) is 0 Å². The Morgan fingerprint density at radius 2 is 1.93 bits per heavy atom. The summed E-state index contributed by atoms with van der Waals surface area (Å²) in [6.45, 7) is 0.109. The lowest BCUT2D eigenvalue weighted by Crippen LogP contribution is -2.38. The van der Waals surface area contributed by atoms with Gasteiger partial charge in [0.05, 0.1) is 6.61 Å². The summed E-state index contributed by atoms with van der Waals surface area (Å²) < 4.78 is 32.3. The maximum Gasteiger partial charge on any atom is 0.511 e. The zero-order valence-electron chi connectivity index (χ0n) is 14.8. The van der Waals surface area contributed by atoms with E-state index in [9.17, 15) is 9.36 Å². The van der Waals surface area contributed by atoms with Crippen LogP contribution in [0, 0.1) is 0 Å². The molecule has 2 aromatic rings. The molecule has 1 unspecified atom stereocenters. The Kier molecular flexibility index (Phi) is 5.78. The Morgan fingerprint density at radius 3 is 2.70 bits per heavy atom. The van der Waals surface area contributed by atoms with Crippen LogP contribution in [0.3, 0.4) is 0 Å². The van der Waals surface area contributed by atoms with Crippen molar-refractivity contribution in [1.29, 1.82) is 0 Å². The monoisotopic (exact) mass is 389 g/mol. The highest BCUT2D eigenvalue weighted by molar-refractivity contribution is 7.53. The fraction of sp³-hybridized carbons (Fsp3) is 0.222. The second kappa shape index (κ2) is 8.24. The molecule has 3 rings (SSSR count). The number of carbonyl (C=O) groups is 1. The molecule has 0 aliphatic carbocycles. The van der Waals surface area contributed by atoms with Crippen LogP contribution in [0.1, 0.15) is 11.1 Å². The van der Waals surface area contributed by atoms with Gasteiger partial charge in [-0.15, -0.1) is 4.76 Å². The topological polar surface area (TPSA) is 103 Å². The molecule has 0 spiro atoms. The molecule has 0 aromatic heterocycles. The van der Waals surface area contributed by atoms with Crippen molar-refractivity contribution in [3.8, 4) is 5.75 Å². The molecule has 0 saturated carbocycles. The van der Waals surface area contributed by atoms with Gasteiger partial charge < -0.3 is 19.9 Å². The van der Waals surface area contributed by atoms with Gasteiger partial charge >= 0.3 is 13.7 Å². The largest absolute Gasteiger partial charge is 0.511 e. The highest BCUT2D eigenvalue weighted by Crippen LogP contribution is 2.54. The molecular formula is C18H20N3O5P. The van der Waals surface area contributed by atoms with Crippen LogP contribution in [-0.2, 0) is 31.8 Å². The van der Waals surface area contributed by atoms with Crippen molar-refractivity contribution in [2.75, 3.05) is 13.6 Å². The Morgan fingerprint density at radius 1 is 1.22 bits per heavy atom. The highest BCUT2D eigenvalue weighted by Gasteiger charge is 2.33. The molecule has 0 amide bonds. The number of likely N-dealkylation sites (N-methyl/N-ethyl adjacent to an activating group) is 1. The summed E-state index contributed by atoms with van der Waals surface area (Å²) in [7, 11) is -2.26. The first kappa shape index (κ1) is 18.9. The van der Waals surface area contributed by atoms with Gasteiger partial charge in [-0.2, -0.15) is 0 Å². The van der Waals surface area contributed by atoms with E-state index in [-0.39, 0.29) is 25.7 Å². The molecule has 8 nitrogen and oxygen atoms in total. The minimum atomic E-state index is -3.79. The number of carbonyl (C=O) groups excluding carboxylic acids is 1. The average molecular weight is 389 g/mol. The molecule has 1 heterocycles. The fourth-order valence-corrected chi connectivity index (χ4v) is 3.61. The summed E-state index contributed by atoms with van der Waals surface area (Å²) in [6.07, 6.45) is 0. The zero-order chi connectivity index (χ0) is 19.3. The Balaban J connectivity index is 1.57. The van der Waals surface area contributed by atoms with Crippen molar-refractivity contribution in [2.45, 2.75) is 13.2 Å². The van der Waals surface area contributed by atoms with Crippen LogP contribution in [-0.4, -0.2) is 30.4 Å². The molecular weight excluding hydrogens is 369 g/mol. The number of ether oxygens (including phenoxy) is 1. The molecule has 0 radical (unpaired) electrons. The summed E-state index contributed by atoms with van der Waals surface area (Å²) in [5.74, 6) is -0.198. The summed E-state index contributed by atoms with van der Waals surface area (Å²) in [4.78, 5) is 13.3. The van der Waals surface area contributed by atoms with E-state index in [1.807, 2.05) is 36.4 Å². The number of nitrogens with zero attached hydrogens (tertiary/aromatic N) is 2. The predicted molar refractivity (Wildman–Crippen MR) is 100.0 cm³/mol. The third-order valence-electron chi connectivity index (χ3n) is 3.79. The molecule has 0 saturated heterocycles. The number of hydrogen-bond acceptors (Lipinski definition) is 5. The lowest BCUT2D eigenvalue weighted by atomic mass is 10.2. The highest BCUT2D eigenvalue weighted by atomic mass is 31.2. The van der Waals surface area contributed by atoms with E-state index < -0.39 is 13.7 Å². The van der Waals surface area contributed by atoms with Gasteiger partial charge in [0.25, 0.3) is 0 Å². The normalized spacial score (nSPS) is 18.9. The Bertz CT molecular complexity index is 888. The van der Waals surface area contributed by atoms with Crippen molar-refractivity contribution in [2.24, 2.45) is 10.5 Å². The summed E-state index contributed by atoms with van der Waals surface area (Å²) in [6, 6.07) is 16.4. The van der Waals surface area contributed by atoms with Crippen LogP contribution < -0.4 is 10.3 Å². The van der Waals surface area contributed by atoms with E-state index in [4.69, 9.17) is 19.5 Å². The molecule has 27 heavy (non-hydrogen) atoms. The minimum absolute atomic E-state index is 0.104. The quantitative estimate of drug-likeness (QED) is 0.363. The molecule has 1 atom stereocenters. The number of para-hydroxylation sites is 1. The molecule has 1 aliphatic heterocycles. The number of benzene rings is 2. The van der Waals surface area contributed by atoms with Crippen molar-refractivity contribution < 1.29 is 23.1 Å². The fourth-order valence-electron chi connectivity index (χ4n) is 2.32. The molecule has 1 aliphatic rings. The first-order chi connectivity index (χ1) is 13.0. The van der Waals surface area contributed by atoms with Gasteiger partial charge in [-0.05, 0) is 11.6 Å². The van der Waals surface area contributed by atoms with Crippen LogP contribution in [0.2, 0.25) is 0 Å². The van der Waals surface area contributed by atoms with E-state index in [1.165, 1.54) is 11.9 Å². The van der Waals surface area contributed by atoms with Gasteiger partial charge in [0.1, 0.15) is 18.9 Å². The summed E-state index contributed by atoms with van der Waals surface area (Å²) in [5, 5.41) is 0.